The summed E-state index contributed by atoms with van der Waals surface area (Å²) in [5.74, 6) is -0.881. The SMILES string of the molecule is CC(C)N(C)c1ccccc1C(=O)O. The molecule has 0 radical (unpaired) electrons. The van der Waals surface area contributed by atoms with Crippen LogP contribution in [0, 0.1) is 0 Å². The lowest BCUT2D eigenvalue weighted by atomic mass is 10.1. The smallest absolute Gasteiger partial charge is 0.337 e. The first kappa shape index (κ1) is 10.6. The fourth-order valence-corrected chi connectivity index (χ4v) is 1.24. The van der Waals surface area contributed by atoms with E-state index in [2.05, 4.69) is 0 Å². The minimum Gasteiger partial charge on any atom is -0.478 e. The molecule has 0 heterocycles. The van der Waals surface area contributed by atoms with Crippen molar-refractivity contribution in [2.24, 2.45) is 0 Å². The van der Waals surface area contributed by atoms with E-state index in [-0.39, 0.29) is 6.04 Å². The summed E-state index contributed by atoms with van der Waals surface area (Å²) in [6.45, 7) is 4.05. The number of aromatic carboxylic acids is 1. The van der Waals surface area contributed by atoms with Crippen molar-refractivity contribution < 1.29 is 9.90 Å². The topological polar surface area (TPSA) is 40.5 Å². The van der Waals surface area contributed by atoms with Crippen LogP contribution in [0.5, 0.6) is 0 Å². The summed E-state index contributed by atoms with van der Waals surface area (Å²) >= 11 is 0. The molecule has 14 heavy (non-hydrogen) atoms. The monoisotopic (exact) mass is 193 g/mol. The number of carboxylic acid groups (broad SMARTS) is 1. The van der Waals surface area contributed by atoms with Crippen LogP contribution < -0.4 is 4.90 Å². The van der Waals surface area contributed by atoms with Crippen LogP contribution >= 0.6 is 0 Å². The standard InChI is InChI=1S/C11H15NO2/c1-8(2)12(3)10-7-5-4-6-9(10)11(13)14/h4-8H,1-3H3,(H,13,14). The van der Waals surface area contributed by atoms with E-state index >= 15 is 0 Å². The third kappa shape index (κ3) is 2.05. The normalized spacial score (nSPS) is 10.3. The maximum absolute atomic E-state index is 10.9. The second-order valence-corrected chi connectivity index (χ2v) is 3.53. The van der Waals surface area contributed by atoms with Crippen molar-refractivity contribution >= 4 is 11.7 Å². The van der Waals surface area contributed by atoms with Crippen molar-refractivity contribution in [1.82, 2.24) is 0 Å². The van der Waals surface area contributed by atoms with Crippen LogP contribution in [0.25, 0.3) is 0 Å². The Bertz CT molecular complexity index is 334. The van der Waals surface area contributed by atoms with E-state index in [9.17, 15) is 4.79 Å². The van der Waals surface area contributed by atoms with Gasteiger partial charge in [0.2, 0.25) is 0 Å². The number of hydrogen-bond donors (Lipinski definition) is 1. The zero-order chi connectivity index (χ0) is 10.7. The van der Waals surface area contributed by atoms with Gasteiger partial charge >= 0.3 is 5.97 Å². The highest BCUT2D eigenvalue weighted by atomic mass is 16.4. The molecule has 0 aliphatic rings. The van der Waals surface area contributed by atoms with Gasteiger partial charge in [0.15, 0.2) is 0 Å². The van der Waals surface area contributed by atoms with Crippen molar-refractivity contribution in [3.05, 3.63) is 29.8 Å². The second kappa shape index (κ2) is 4.13. The third-order valence-corrected chi connectivity index (χ3v) is 2.29. The van der Waals surface area contributed by atoms with Gasteiger partial charge in [-0.3, -0.25) is 0 Å². The third-order valence-electron chi connectivity index (χ3n) is 2.29. The van der Waals surface area contributed by atoms with Gasteiger partial charge in [0.25, 0.3) is 0 Å². The van der Waals surface area contributed by atoms with Crippen molar-refractivity contribution in [2.45, 2.75) is 19.9 Å². The molecule has 3 nitrogen and oxygen atoms in total. The molecule has 0 bridgehead atoms. The van der Waals surface area contributed by atoms with E-state index in [0.29, 0.717) is 5.56 Å². The quantitative estimate of drug-likeness (QED) is 0.800. The van der Waals surface area contributed by atoms with Gasteiger partial charge in [-0.2, -0.15) is 0 Å². The maximum Gasteiger partial charge on any atom is 0.337 e. The molecule has 0 unspecified atom stereocenters. The number of anilines is 1. The van der Waals surface area contributed by atoms with Crippen LogP contribution in [-0.2, 0) is 0 Å². The fraction of sp³-hybridized carbons (Fsp3) is 0.364. The summed E-state index contributed by atoms with van der Waals surface area (Å²) in [6.07, 6.45) is 0. The number of rotatable bonds is 3. The Balaban J connectivity index is 3.13. The lowest BCUT2D eigenvalue weighted by Crippen LogP contribution is -2.27. The van der Waals surface area contributed by atoms with Gasteiger partial charge in [-0.15, -0.1) is 0 Å². The molecule has 76 valence electrons. The number of hydrogen-bond acceptors (Lipinski definition) is 2. The molecular formula is C11H15NO2. The maximum atomic E-state index is 10.9. The Labute approximate surface area is 84.0 Å². The average Bonchev–Trinajstić information content (AvgIpc) is 2.16. The van der Waals surface area contributed by atoms with Gasteiger partial charge in [-0.05, 0) is 26.0 Å². The molecule has 0 fully saturated rings. The molecule has 0 amide bonds. The lowest BCUT2D eigenvalue weighted by molar-refractivity contribution is 0.0697. The summed E-state index contributed by atoms with van der Waals surface area (Å²) in [6, 6.07) is 7.32. The molecule has 1 N–H and O–H groups in total. The molecule has 0 aliphatic carbocycles. The van der Waals surface area contributed by atoms with E-state index in [1.165, 1.54) is 0 Å². The summed E-state index contributed by atoms with van der Waals surface area (Å²) in [5, 5.41) is 8.97. The van der Waals surface area contributed by atoms with Gasteiger partial charge in [-0.1, -0.05) is 12.1 Å². The van der Waals surface area contributed by atoms with Gasteiger partial charge in [0, 0.05) is 13.1 Å². The van der Waals surface area contributed by atoms with Crippen LogP contribution in [0.3, 0.4) is 0 Å². The summed E-state index contributed by atoms with van der Waals surface area (Å²) in [7, 11) is 1.90. The first-order valence-electron chi connectivity index (χ1n) is 4.59. The highest BCUT2D eigenvalue weighted by Crippen LogP contribution is 2.20. The highest BCUT2D eigenvalue weighted by Gasteiger charge is 2.13. The highest BCUT2D eigenvalue weighted by molar-refractivity contribution is 5.94. The van der Waals surface area contributed by atoms with Gasteiger partial charge < -0.3 is 10.0 Å². The second-order valence-electron chi connectivity index (χ2n) is 3.53. The Morgan fingerprint density at radius 1 is 1.36 bits per heavy atom. The molecule has 1 rings (SSSR count). The summed E-state index contributed by atoms with van der Waals surface area (Å²) < 4.78 is 0. The van der Waals surface area contributed by atoms with Gasteiger partial charge in [0.05, 0.1) is 11.3 Å². The molecule has 0 aliphatic heterocycles. The number of para-hydroxylation sites is 1. The molecule has 0 spiro atoms. The number of nitrogens with zero attached hydrogens (tertiary/aromatic N) is 1. The zero-order valence-electron chi connectivity index (χ0n) is 8.69. The average molecular weight is 193 g/mol. The molecule has 3 heteroatoms. The van der Waals surface area contributed by atoms with Crippen LogP contribution in [0.4, 0.5) is 5.69 Å². The summed E-state index contributed by atoms with van der Waals surface area (Å²) in [4.78, 5) is 12.9. The first-order chi connectivity index (χ1) is 6.54. The molecule has 0 atom stereocenters. The van der Waals surface area contributed by atoms with Crippen LogP contribution in [-0.4, -0.2) is 24.2 Å². The minimum absolute atomic E-state index is 0.287. The number of carboxylic acids is 1. The zero-order valence-corrected chi connectivity index (χ0v) is 8.69. The van der Waals surface area contributed by atoms with Crippen molar-refractivity contribution in [3.63, 3.8) is 0 Å². The van der Waals surface area contributed by atoms with E-state index in [1.54, 1.807) is 12.1 Å². The van der Waals surface area contributed by atoms with E-state index < -0.39 is 5.97 Å². The van der Waals surface area contributed by atoms with Crippen molar-refractivity contribution in [3.8, 4) is 0 Å². The largest absolute Gasteiger partial charge is 0.478 e. The molecule has 1 aromatic rings. The lowest BCUT2D eigenvalue weighted by Gasteiger charge is -2.25. The van der Waals surface area contributed by atoms with Crippen molar-refractivity contribution in [2.75, 3.05) is 11.9 Å². The Kier molecular flexibility index (Phi) is 3.12. The van der Waals surface area contributed by atoms with Crippen molar-refractivity contribution in [1.29, 1.82) is 0 Å². The van der Waals surface area contributed by atoms with Crippen LogP contribution in [0.1, 0.15) is 24.2 Å². The van der Waals surface area contributed by atoms with Crippen LogP contribution in [0.15, 0.2) is 24.3 Å². The molecule has 0 aromatic heterocycles. The Hall–Kier alpha value is -1.51. The van der Waals surface area contributed by atoms with Gasteiger partial charge in [0.1, 0.15) is 0 Å². The van der Waals surface area contributed by atoms with Gasteiger partial charge in [-0.25, -0.2) is 4.79 Å². The number of carbonyl (C=O) groups is 1. The fourth-order valence-electron chi connectivity index (χ4n) is 1.24. The Morgan fingerprint density at radius 3 is 2.43 bits per heavy atom. The van der Waals surface area contributed by atoms with Crippen LogP contribution in [0.2, 0.25) is 0 Å². The van der Waals surface area contributed by atoms with E-state index in [0.717, 1.165) is 5.69 Å². The Morgan fingerprint density at radius 2 is 1.93 bits per heavy atom. The molecule has 1 aromatic carbocycles. The summed E-state index contributed by atoms with van der Waals surface area (Å²) in [5.41, 5.74) is 1.11. The molecule has 0 saturated carbocycles. The predicted molar refractivity (Wildman–Crippen MR) is 56.9 cm³/mol. The van der Waals surface area contributed by atoms with E-state index in [1.807, 2.05) is 37.9 Å². The molecular weight excluding hydrogens is 178 g/mol. The number of benzene rings is 1. The van der Waals surface area contributed by atoms with E-state index in [4.69, 9.17) is 5.11 Å². The minimum atomic E-state index is -0.881. The molecule has 0 saturated heterocycles. The first-order valence-corrected chi connectivity index (χ1v) is 4.59. The predicted octanol–water partition coefficient (Wildman–Crippen LogP) is 2.23.